The van der Waals surface area contributed by atoms with Crippen molar-refractivity contribution < 1.29 is 46.7 Å². The zero-order valence-electron chi connectivity index (χ0n) is 21.7. The lowest BCUT2D eigenvalue weighted by atomic mass is 10.2. The number of nitrogens with one attached hydrogen (secondary N) is 1. The molecule has 12 nitrogen and oxygen atoms in total. The van der Waals surface area contributed by atoms with Crippen LogP contribution in [0.15, 0.2) is 53.4 Å². The van der Waals surface area contributed by atoms with E-state index in [1.165, 1.54) is 33.5 Å². The van der Waals surface area contributed by atoms with Gasteiger partial charge in [0.15, 0.2) is 17.5 Å². The molecule has 0 aliphatic heterocycles. The van der Waals surface area contributed by atoms with Gasteiger partial charge in [-0.3, -0.25) is 19.6 Å². The summed E-state index contributed by atoms with van der Waals surface area (Å²) in [5, 5.41) is 22.7. The van der Waals surface area contributed by atoms with Crippen LogP contribution in [-0.2, 0) is 11.3 Å². The molecule has 0 fully saturated rings. The van der Waals surface area contributed by atoms with Crippen molar-refractivity contribution in [1.82, 2.24) is 24.9 Å². The lowest BCUT2D eigenvalue weighted by molar-refractivity contribution is -0.176. The molecule has 1 aromatic carbocycles. The molecule has 0 saturated heterocycles. The molecule has 0 aliphatic carbocycles. The Hall–Kier alpha value is -3.89. The third-order valence-corrected chi connectivity index (χ3v) is 4.74. The minimum Gasteiger partial charge on any atom is -0.380 e. The van der Waals surface area contributed by atoms with Crippen molar-refractivity contribution in [3.8, 4) is 22.9 Å². The molecule has 18 heteroatoms. The van der Waals surface area contributed by atoms with Gasteiger partial charge >= 0.3 is 0 Å². The number of alkyl halides is 3. The maximum absolute atomic E-state index is 14.2. The van der Waals surface area contributed by atoms with Crippen LogP contribution in [0.4, 0.5) is 27.8 Å². The first-order chi connectivity index (χ1) is 20.0. The second kappa shape index (κ2) is 20.9. The molecule has 0 aliphatic rings. The molecule has 226 valence electrons. The quantitative estimate of drug-likeness (QED) is 0.0612. The van der Waals surface area contributed by atoms with Crippen LogP contribution in [0.25, 0.3) is 22.9 Å². The first kappa shape index (κ1) is 37.1. The summed E-state index contributed by atoms with van der Waals surface area (Å²) >= 11 is 0. The molecule has 41 heavy (non-hydrogen) atoms. The molecule has 0 radical (unpaired) electrons. The van der Waals surface area contributed by atoms with E-state index in [0.717, 1.165) is 6.20 Å². The maximum atomic E-state index is 14.2. The van der Waals surface area contributed by atoms with Gasteiger partial charge in [-0.25, -0.2) is 27.5 Å². The van der Waals surface area contributed by atoms with Crippen LogP contribution in [0.3, 0.4) is 0 Å². The lowest BCUT2D eigenvalue weighted by Crippen LogP contribution is -2.23. The third kappa shape index (κ3) is 10.9. The summed E-state index contributed by atoms with van der Waals surface area (Å²) in [6.07, 6.45) is -0.599. The van der Waals surface area contributed by atoms with E-state index in [2.05, 4.69) is 31.3 Å². The first-order valence-electron chi connectivity index (χ1n) is 11.1. The maximum Gasteiger partial charge on any atom is 0.249 e. The van der Waals surface area contributed by atoms with E-state index < -0.39 is 30.5 Å². The molecule has 3 aromatic heterocycles. The molecular formula is C23H29F5N7O5P. The van der Waals surface area contributed by atoms with Crippen molar-refractivity contribution in [2.45, 2.75) is 13.0 Å². The Morgan fingerprint density at radius 2 is 1.76 bits per heavy atom. The van der Waals surface area contributed by atoms with Crippen LogP contribution in [0, 0.1) is 17.6 Å². The Labute approximate surface area is 233 Å². The van der Waals surface area contributed by atoms with Crippen molar-refractivity contribution >= 4 is 21.6 Å². The highest BCUT2D eigenvalue weighted by atomic mass is 31.0. The summed E-state index contributed by atoms with van der Waals surface area (Å²) in [4.78, 5) is 25.6. The number of carbonyl (C=O) groups is 1. The van der Waals surface area contributed by atoms with Crippen molar-refractivity contribution in [3.63, 3.8) is 0 Å². The van der Waals surface area contributed by atoms with E-state index in [1.807, 2.05) is 0 Å². The smallest absolute Gasteiger partial charge is 0.249 e. The van der Waals surface area contributed by atoms with Crippen LogP contribution >= 0.6 is 9.47 Å². The van der Waals surface area contributed by atoms with E-state index in [4.69, 9.17) is 19.9 Å². The Bertz CT molecular complexity index is 1270. The fourth-order valence-corrected chi connectivity index (χ4v) is 3.01. The summed E-state index contributed by atoms with van der Waals surface area (Å²) < 4.78 is 69.7. The van der Waals surface area contributed by atoms with Crippen LogP contribution < -0.4 is 11.1 Å². The molecule has 6 N–H and O–H groups in total. The fourth-order valence-electron chi connectivity index (χ4n) is 3.01. The van der Waals surface area contributed by atoms with Crippen molar-refractivity contribution in [2.24, 2.45) is 11.7 Å². The van der Waals surface area contributed by atoms with E-state index in [1.54, 1.807) is 30.3 Å². The summed E-state index contributed by atoms with van der Waals surface area (Å²) in [5.41, 5.74) is 5.94. The molecule has 0 saturated carbocycles. The standard InChI is InChI=1S/C21H16F4N6O2.CH3F.CH5N.H2O2.H3OP/c22-14-4-2-1-3-12(14)10-31-18(16-5-6-33-30-16)7-17(29-31)21-27-9-15(23)20(28-21)26-8-13(11-32)19(24)25;4*1-2/h1-7,9,11,13,19H,8,10H2,(H,26,27,28);1H3;2H2,1H3;1-2H;1H,2H2. The van der Waals surface area contributed by atoms with Crippen LogP contribution in [0.2, 0.25) is 0 Å². The average Bonchev–Trinajstić information content (AvgIpc) is 3.70. The molecule has 4 rings (SSSR count). The predicted octanol–water partition coefficient (Wildman–Crippen LogP) is 3.76. The second-order valence-electron chi connectivity index (χ2n) is 6.95. The second-order valence-corrected chi connectivity index (χ2v) is 6.95. The Kier molecular flexibility index (Phi) is 18.9. The van der Waals surface area contributed by atoms with Gasteiger partial charge in [0.1, 0.15) is 29.8 Å². The van der Waals surface area contributed by atoms with Crippen LogP contribution in [-0.4, -0.2) is 73.8 Å². The summed E-state index contributed by atoms with van der Waals surface area (Å²) in [5.74, 6) is -3.31. The van der Waals surface area contributed by atoms with E-state index in [0.29, 0.717) is 24.1 Å². The van der Waals surface area contributed by atoms with Crippen LogP contribution in [0.1, 0.15) is 5.56 Å². The molecule has 4 aromatic rings. The zero-order valence-corrected chi connectivity index (χ0v) is 22.9. The third-order valence-electron chi connectivity index (χ3n) is 4.74. The van der Waals surface area contributed by atoms with Crippen LogP contribution in [0.5, 0.6) is 0 Å². The van der Waals surface area contributed by atoms with Crippen molar-refractivity contribution in [3.05, 3.63) is 66.1 Å². The van der Waals surface area contributed by atoms with Gasteiger partial charge in [0.25, 0.3) is 0 Å². The number of hydrogen-bond acceptors (Lipinski definition) is 11. The number of carbonyl (C=O) groups excluding carboxylic acids is 1. The highest BCUT2D eigenvalue weighted by Gasteiger charge is 2.21. The number of hydrogen-bond donors (Lipinski definition) is 5. The van der Waals surface area contributed by atoms with Gasteiger partial charge in [0, 0.05) is 18.2 Å². The highest BCUT2D eigenvalue weighted by Crippen LogP contribution is 2.26. The lowest BCUT2D eigenvalue weighted by Gasteiger charge is -2.11. The minimum atomic E-state index is -2.90. The topological polar surface area (TPSA) is 185 Å². The first-order valence-corrected chi connectivity index (χ1v) is 11.6. The highest BCUT2D eigenvalue weighted by molar-refractivity contribution is 7.08. The van der Waals surface area contributed by atoms with Gasteiger partial charge < -0.3 is 25.3 Å². The fraction of sp³-hybridized carbons (Fsp3) is 0.261. The van der Waals surface area contributed by atoms with E-state index >= 15 is 0 Å². The number of rotatable bonds is 9. The number of halogens is 5. The Balaban J connectivity index is 0.00000184. The van der Waals surface area contributed by atoms with Gasteiger partial charge in [0.2, 0.25) is 6.43 Å². The van der Waals surface area contributed by atoms with Gasteiger partial charge in [-0.15, -0.1) is 0 Å². The normalized spacial score (nSPS) is 10.4. The molecule has 0 spiro atoms. The summed E-state index contributed by atoms with van der Waals surface area (Å²) in [6.45, 7) is -0.461. The molecule has 0 bridgehead atoms. The van der Waals surface area contributed by atoms with E-state index in [-0.39, 0.29) is 30.2 Å². The molecular weight excluding hydrogens is 580 g/mol. The number of anilines is 1. The molecule has 2 atom stereocenters. The van der Waals surface area contributed by atoms with Gasteiger partial charge in [-0.2, -0.15) is 5.10 Å². The molecule has 3 heterocycles. The van der Waals surface area contributed by atoms with Gasteiger partial charge in [0.05, 0.1) is 31.5 Å². The number of nitrogens with two attached hydrogens (primary N) is 1. The number of benzene rings is 1. The number of nitrogens with zero attached hydrogens (tertiary/aromatic N) is 5. The number of aldehydes is 1. The molecule has 0 amide bonds. The summed E-state index contributed by atoms with van der Waals surface area (Å²) in [6, 6.07) is 9.32. The van der Waals surface area contributed by atoms with Crippen molar-refractivity contribution in [2.75, 3.05) is 26.1 Å². The summed E-state index contributed by atoms with van der Waals surface area (Å²) in [7, 11) is 3.42. The minimum absolute atomic E-state index is 0.0179. The monoisotopic (exact) mass is 609 g/mol. The predicted molar refractivity (Wildman–Crippen MR) is 143 cm³/mol. The Morgan fingerprint density at radius 1 is 1.10 bits per heavy atom. The SMILES string of the molecule is CF.CN.O=CC(CNc1nc(-c2cc(-c3ccon3)n(Cc3ccccc3F)n2)ncc1F)C(F)F.OO.OP. The van der Waals surface area contributed by atoms with Crippen molar-refractivity contribution in [1.29, 1.82) is 0 Å². The largest absolute Gasteiger partial charge is 0.380 e. The zero-order chi connectivity index (χ0) is 31.4. The van der Waals surface area contributed by atoms with E-state index in [9.17, 15) is 26.7 Å². The average molecular weight is 609 g/mol. The molecule has 2 unspecified atom stereocenters. The van der Waals surface area contributed by atoms with Gasteiger partial charge in [-0.1, -0.05) is 23.4 Å². The van der Waals surface area contributed by atoms with Gasteiger partial charge in [-0.05, 0) is 28.6 Å². The number of aromatic nitrogens is 5. The Morgan fingerprint density at radius 3 is 2.32 bits per heavy atom.